The lowest BCUT2D eigenvalue weighted by molar-refractivity contribution is -0.121. The summed E-state index contributed by atoms with van der Waals surface area (Å²) in [5.41, 5.74) is 0.988. The van der Waals surface area contributed by atoms with Crippen LogP contribution in [-0.4, -0.2) is 5.91 Å². The molecule has 2 nitrogen and oxygen atoms in total. The van der Waals surface area contributed by atoms with E-state index in [0.717, 1.165) is 11.3 Å². The molecular weight excluding hydrogens is 265 g/mol. The number of nitrogens with one attached hydrogen (secondary N) is 1. The summed E-state index contributed by atoms with van der Waals surface area (Å²) < 4.78 is 13.1. The number of hydrogen-bond donors (Lipinski definition) is 1. The highest BCUT2D eigenvalue weighted by atomic mass is 19.1. The quantitative estimate of drug-likeness (QED) is 0.845. The molecule has 2 aromatic rings. The van der Waals surface area contributed by atoms with Crippen LogP contribution in [0.3, 0.4) is 0 Å². The Morgan fingerprint density at radius 1 is 0.952 bits per heavy atom. The number of carbonyl (C=O) groups is 1. The summed E-state index contributed by atoms with van der Waals surface area (Å²) in [6, 6.07) is 15.6. The van der Waals surface area contributed by atoms with E-state index in [1.165, 1.54) is 12.1 Å². The first kappa shape index (κ1) is 13.6. The zero-order chi connectivity index (χ0) is 14.7. The first-order valence-electron chi connectivity index (χ1n) is 6.98. The maximum Gasteiger partial charge on any atom is 0.235 e. The van der Waals surface area contributed by atoms with E-state index in [0.29, 0.717) is 12.8 Å². The number of amides is 1. The van der Waals surface area contributed by atoms with Crippen molar-refractivity contribution in [2.75, 3.05) is 5.32 Å². The van der Waals surface area contributed by atoms with E-state index in [9.17, 15) is 9.18 Å². The lowest BCUT2D eigenvalue weighted by atomic mass is 9.77. The molecule has 0 saturated heterocycles. The van der Waals surface area contributed by atoms with Crippen molar-refractivity contribution in [3.05, 3.63) is 78.1 Å². The lowest BCUT2D eigenvalue weighted by Crippen LogP contribution is -2.38. The summed E-state index contributed by atoms with van der Waals surface area (Å²) in [5.74, 6) is -0.339. The topological polar surface area (TPSA) is 29.1 Å². The summed E-state index contributed by atoms with van der Waals surface area (Å²) in [6.07, 6.45) is 5.29. The summed E-state index contributed by atoms with van der Waals surface area (Å²) in [5, 5.41) is 2.97. The fourth-order valence-corrected chi connectivity index (χ4v) is 2.75. The maximum absolute atomic E-state index is 13.1. The molecule has 106 valence electrons. The van der Waals surface area contributed by atoms with Crippen molar-refractivity contribution in [3.63, 3.8) is 0 Å². The fourth-order valence-electron chi connectivity index (χ4n) is 2.75. The van der Waals surface area contributed by atoms with E-state index in [-0.39, 0.29) is 11.7 Å². The SMILES string of the molecule is O=C(Nc1ccccc1)C1(c2ccc(F)cc2)CC=CC1. The molecule has 0 aliphatic heterocycles. The molecule has 0 radical (unpaired) electrons. The van der Waals surface area contributed by atoms with Gasteiger partial charge in [-0.15, -0.1) is 0 Å². The number of allylic oxidation sites excluding steroid dienone is 2. The lowest BCUT2D eigenvalue weighted by Gasteiger charge is -2.28. The molecule has 0 spiro atoms. The first-order valence-corrected chi connectivity index (χ1v) is 6.98. The van der Waals surface area contributed by atoms with E-state index in [4.69, 9.17) is 0 Å². The van der Waals surface area contributed by atoms with Crippen molar-refractivity contribution >= 4 is 11.6 Å². The zero-order valence-corrected chi connectivity index (χ0v) is 11.6. The van der Waals surface area contributed by atoms with Crippen molar-refractivity contribution in [1.29, 1.82) is 0 Å². The minimum atomic E-state index is -0.635. The fraction of sp³-hybridized carbons (Fsp3) is 0.167. The number of rotatable bonds is 3. The molecule has 1 amide bonds. The van der Waals surface area contributed by atoms with Gasteiger partial charge in [-0.1, -0.05) is 42.5 Å². The second-order valence-corrected chi connectivity index (χ2v) is 5.29. The second kappa shape index (κ2) is 5.52. The monoisotopic (exact) mass is 281 g/mol. The molecule has 1 N–H and O–H groups in total. The van der Waals surface area contributed by atoms with Gasteiger partial charge in [0.05, 0.1) is 5.41 Å². The van der Waals surface area contributed by atoms with Crippen LogP contribution in [0.4, 0.5) is 10.1 Å². The Kier molecular flexibility index (Phi) is 3.57. The Balaban J connectivity index is 1.90. The maximum atomic E-state index is 13.1. The Bertz CT molecular complexity index is 653. The average molecular weight is 281 g/mol. The summed E-state index contributed by atoms with van der Waals surface area (Å²) in [6.45, 7) is 0. The van der Waals surface area contributed by atoms with Gasteiger partial charge in [-0.25, -0.2) is 4.39 Å². The first-order chi connectivity index (χ1) is 10.2. The van der Waals surface area contributed by atoms with Gasteiger partial charge < -0.3 is 5.32 Å². The molecule has 3 heteroatoms. The Morgan fingerprint density at radius 3 is 2.19 bits per heavy atom. The van der Waals surface area contributed by atoms with Crippen LogP contribution in [0.5, 0.6) is 0 Å². The van der Waals surface area contributed by atoms with E-state index in [2.05, 4.69) is 5.32 Å². The molecule has 0 unspecified atom stereocenters. The molecule has 0 bridgehead atoms. The van der Waals surface area contributed by atoms with Crippen LogP contribution in [0.25, 0.3) is 0 Å². The predicted octanol–water partition coefficient (Wildman–Crippen LogP) is 4.05. The average Bonchev–Trinajstić information content (AvgIpc) is 3.00. The van der Waals surface area contributed by atoms with Gasteiger partial charge in [0, 0.05) is 5.69 Å². The number of para-hydroxylation sites is 1. The van der Waals surface area contributed by atoms with Crippen molar-refractivity contribution in [2.24, 2.45) is 0 Å². The Hall–Kier alpha value is -2.42. The molecular formula is C18H16FNO. The van der Waals surface area contributed by atoms with Crippen molar-refractivity contribution in [1.82, 2.24) is 0 Å². The van der Waals surface area contributed by atoms with Gasteiger partial charge in [0.25, 0.3) is 0 Å². The van der Waals surface area contributed by atoms with E-state index < -0.39 is 5.41 Å². The van der Waals surface area contributed by atoms with Crippen LogP contribution in [0, 0.1) is 5.82 Å². The van der Waals surface area contributed by atoms with E-state index >= 15 is 0 Å². The highest BCUT2D eigenvalue weighted by Gasteiger charge is 2.40. The predicted molar refractivity (Wildman–Crippen MR) is 81.5 cm³/mol. The molecule has 0 atom stereocenters. The standard InChI is InChI=1S/C18H16FNO/c19-15-10-8-14(9-11-15)18(12-4-5-13-18)17(21)20-16-6-2-1-3-7-16/h1-11H,12-13H2,(H,20,21). The van der Waals surface area contributed by atoms with Crippen LogP contribution in [0.2, 0.25) is 0 Å². The third kappa shape index (κ3) is 2.59. The second-order valence-electron chi connectivity index (χ2n) is 5.29. The van der Waals surface area contributed by atoms with Crippen LogP contribution >= 0.6 is 0 Å². The minimum absolute atomic E-state index is 0.0506. The molecule has 0 saturated carbocycles. The van der Waals surface area contributed by atoms with Crippen LogP contribution in [0.1, 0.15) is 18.4 Å². The third-order valence-electron chi connectivity index (χ3n) is 3.96. The van der Waals surface area contributed by atoms with Gasteiger partial charge in [0.15, 0.2) is 0 Å². The van der Waals surface area contributed by atoms with Gasteiger partial charge in [0.2, 0.25) is 5.91 Å². The van der Waals surface area contributed by atoms with Crippen LogP contribution < -0.4 is 5.32 Å². The normalized spacial score (nSPS) is 15.9. The summed E-state index contributed by atoms with van der Waals surface area (Å²) in [4.78, 5) is 12.8. The highest BCUT2D eigenvalue weighted by Crippen LogP contribution is 2.38. The van der Waals surface area contributed by atoms with E-state index in [1.807, 2.05) is 42.5 Å². The number of hydrogen-bond acceptors (Lipinski definition) is 1. The summed E-state index contributed by atoms with van der Waals surface area (Å²) in [7, 11) is 0. The van der Waals surface area contributed by atoms with Gasteiger partial charge in [-0.3, -0.25) is 4.79 Å². The summed E-state index contributed by atoms with van der Waals surface area (Å²) >= 11 is 0. The van der Waals surface area contributed by atoms with Crippen molar-refractivity contribution in [2.45, 2.75) is 18.3 Å². The molecule has 1 aliphatic carbocycles. The number of benzene rings is 2. The molecule has 3 rings (SSSR count). The smallest absolute Gasteiger partial charge is 0.235 e. The Labute approximate surface area is 123 Å². The van der Waals surface area contributed by atoms with Crippen LogP contribution in [0.15, 0.2) is 66.7 Å². The largest absolute Gasteiger partial charge is 0.325 e. The van der Waals surface area contributed by atoms with Crippen molar-refractivity contribution in [3.8, 4) is 0 Å². The van der Waals surface area contributed by atoms with Gasteiger partial charge in [-0.2, -0.15) is 0 Å². The molecule has 21 heavy (non-hydrogen) atoms. The molecule has 2 aromatic carbocycles. The van der Waals surface area contributed by atoms with Gasteiger partial charge in [0.1, 0.15) is 5.82 Å². The minimum Gasteiger partial charge on any atom is -0.325 e. The van der Waals surface area contributed by atoms with Crippen LogP contribution in [-0.2, 0) is 10.2 Å². The molecule has 0 fully saturated rings. The number of halogens is 1. The number of carbonyl (C=O) groups excluding carboxylic acids is 1. The van der Waals surface area contributed by atoms with Gasteiger partial charge in [-0.05, 0) is 42.7 Å². The highest BCUT2D eigenvalue weighted by molar-refractivity contribution is 5.99. The third-order valence-corrected chi connectivity index (χ3v) is 3.96. The van der Waals surface area contributed by atoms with Gasteiger partial charge >= 0.3 is 0 Å². The number of anilines is 1. The Morgan fingerprint density at radius 2 is 1.57 bits per heavy atom. The molecule has 0 aromatic heterocycles. The van der Waals surface area contributed by atoms with E-state index in [1.54, 1.807) is 12.1 Å². The zero-order valence-electron chi connectivity index (χ0n) is 11.6. The molecule has 0 heterocycles. The van der Waals surface area contributed by atoms with Crippen molar-refractivity contribution < 1.29 is 9.18 Å². The molecule has 1 aliphatic rings.